The van der Waals surface area contributed by atoms with E-state index >= 15 is 0 Å². The number of rotatable bonds is 2. The van der Waals surface area contributed by atoms with Crippen LogP contribution >= 0.6 is 0 Å². The molecule has 4 heteroatoms. The molecule has 2 heterocycles. The number of hydrogen-bond donors (Lipinski definition) is 0. The number of methoxy groups -OCH3 is 1. The quantitative estimate of drug-likeness (QED) is 0.774. The summed E-state index contributed by atoms with van der Waals surface area (Å²) >= 11 is 0. The monoisotopic (exact) mass is 348 g/mol. The van der Waals surface area contributed by atoms with Gasteiger partial charge in [0.15, 0.2) is 5.72 Å². The van der Waals surface area contributed by atoms with E-state index in [4.69, 9.17) is 14.6 Å². The molecule has 0 aromatic heterocycles. The third-order valence-electron chi connectivity index (χ3n) is 5.95. The van der Waals surface area contributed by atoms with Gasteiger partial charge in [0.1, 0.15) is 11.5 Å². The molecule has 4 nitrogen and oxygen atoms in total. The molecule has 5 rings (SSSR count). The average Bonchev–Trinajstić information content (AvgIpc) is 3.16. The molecule has 0 N–H and O–H groups in total. The standard InChI is InChI=1S/C22H24N2O2/c1-25-17-10-11-21-18(14-17)20-15-19(16-8-4-2-5-9-16)23-24(20)22(26-21)12-6-3-7-13-22/h2,4-5,8-11,14,20H,3,6-7,12-13,15H2,1H3/t20-/m0/s1. The van der Waals surface area contributed by atoms with Crippen molar-refractivity contribution < 1.29 is 9.47 Å². The van der Waals surface area contributed by atoms with Crippen molar-refractivity contribution in [1.29, 1.82) is 0 Å². The summed E-state index contributed by atoms with van der Waals surface area (Å²) in [4.78, 5) is 0. The smallest absolute Gasteiger partial charge is 0.198 e. The SMILES string of the molecule is COc1ccc2c(c1)[C@@H]1CC(c3ccccc3)=NN1C1(CCCCC1)O2. The van der Waals surface area contributed by atoms with Crippen LogP contribution in [0.2, 0.25) is 0 Å². The van der Waals surface area contributed by atoms with Gasteiger partial charge in [-0.05, 0) is 36.6 Å². The highest BCUT2D eigenvalue weighted by molar-refractivity contribution is 6.01. The second-order valence-corrected chi connectivity index (χ2v) is 7.49. The maximum atomic E-state index is 6.62. The fourth-order valence-corrected chi connectivity index (χ4v) is 4.63. The van der Waals surface area contributed by atoms with Crippen LogP contribution < -0.4 is 9.47 Å². The Morgan fingerprint density at radius 2 is 1.88 bits per heavy atom. The van der Waals surface area contributed by atoms with Gasteiger partial charge < -0.3 is 9.47 Å². The molecule has 1 aliphatic carbocycles. The van der Waals surface area contributed by atoms with Crippen LogP contribution in [0.1, 0.15) is 55.7 Å². The largest absolute Gasteiger partial charge is 0.497 e. The number of benzene rings is 2. The predicted molar refractivity (Wildman–Crippen MR) is 102 cm³/mol. The van der Waals surface area contributed by atoms with E-state index in [1.165, 1.54) is 30.4 Å². The predicted octanol–water partition coefficient (Wildman–Crippen LogP) is 4.90. The van der Waals surface area contributed by atoms with E-state index in [-0.39, 0.29) is 11.8 Å². The Labute approximate surface area is 154 Å². The molecular weight excluding hydrogens is 324 g/mol. The topological polar surface area (TPSA) is 34.1 Å². The average molecular weight is 348 g/mol. The van der Waals surface area contributed by atoms with Gasteiger partial charge in [-0.1, -0.05) is 36.8 Å². The number of nitrogens with zero attached hydrogens (tertiary/aromatic N) is 2. The first-order valence-electron chi connectivity index (χ1n) is 9.58. The third kappa shape index (κ3) is 2.39. The second kappa shape index (κ2) is 6.04. The van der Waals surface area contributed by atoms with Gasteiger partial charge in [0.25, 0.3) is 0 Å². The highest BCUT2D eigenvalue weighted by Crippen LogP contribution is 2.51. The minimum Gasteiger partial charge on any atom is -0.497 e. The van der Waals surface area contributed by atoms with Crippen LogP contribution in [0, 0.1) is 0 Å². The Morgan fingerprint density at radius 1 is 1.08 bits per heavy atom. The molecule has 134 valence electrons. The van der Waals surface area contributed by atoms with Crippen molar-refractivity contribution in [3.8, 4) is 11.5 Å². The lowest BCUT2D eigenvalue weighted by atomic mass is 9.86. The zero-order valence-corrected chi connectivity index (χ0v) is 15.1. The minimum atomic E-state index is -0.291. The van der Waals surface area contributed by atoms with Gasteiger partial charge in [0.2, 0.25) is 0 Å². The molecule has 1 saturated carbocycles. The van der Waals surface area contributed by atoms with Gasteiger partial charge in [-0.3, -0.25) is 0 Å². The first-order chi connectivity index (χ1) is 12.8. The van der Waals surface area contributed by atoms with Gasteiger partial charge in [-0.25, -0.2) is 5.01 Å². The van der Waals surface area contributed by atoms with E-state index in [0.29, 0.717) is 0 Å². The third-order valence-corrected chi connectivity index (χ3v) is 5.95. The molecule has 2 aliphatic heterocycles. The Kier molecular flexibility index (Phi) is 3.66. The summed E-state index contributed by atoms with van der Waals surface area (Å²) in [5.41, 5.74) is 3.26. The van der Waals surface area contributed by atoms with Gasteiger partial charge in [0.05, 0.1) is 18.9 Å². The van der Waals surface area contributed by atoms with Gasteiger partial charge >= 0.3 is 0 Å². The number of hydrogen-bond acceptors (Lipinski definition) is 4. The highest BCUT2D eigenvalue weighted by Gasteiger charge is 2.50. The number of fused-ring (bicyclic) bond motifs is 4. The van der Waals surface area contributed by atoms with E-state index in [1.807, 2.05) is 6.07 Å². The zero-order valence-electron chi connectivity index (χ0n) is 15.1. The van der Waals surface area contributed by atoms with Crippen LogP contribution in [0.5, 0.6) is 11.5 Å². The van der Waals surface area contributed by atoms with Gasteiger partial charge in [0, 0.05) is 24.8 Å². The van der Waals surface area contributed by atoms with Crippen molar-refractivity contribution in [3.63, 3.8) is 0 Å². The summed E-state index contributed by atoms with van der Waals surface area (Å²) in [5.74, 6) is 1.87. The molecule has 2 aromatic rings. The van der Waals surface area contributed by atoms with Crippen molar-refractivity contribution in [2.24, 2.45) is 5.10 Å². The lowest BCUT2D eigenvalue weighted by Gasteiger charge is -2.49. The van der Waals surface area contributed by atoms with Crippen LogP contribution in [0.4, 0.5) is 0 Å². The highest BCUT2D eigenvalue weighted by atomic mass is 16.5. The Hall–Kier alpha value is -2.49. The fourth-order valence-electron chi connectivity index (χ4n) is 4.63. The minimum absolute atomic E-state index is 0.224. The lowest BCUT2D eigenvalue weighted by Crippen LogP contribution is -2.54. The molecule has 1 fully saturated rings. The van der Waals surface area contributed by atoms with Crippen LogP contribution in [-0.4, -0.2) is 23.6 Å². The Bertz CT molecular complexity index is 840. The molecular formula is C22H24N2O2. The zero-order chi connectivity index (χ0) is 17.6. The van der Waals surface area contributed by atoms with Crippen molar-refractivity contribution in [2.75, 3.05) is 7.11 Å². The first-order valence-corrected chi connectivity index (χ1v) is 9.58. The molecule has 0 bridgehead atoms. The summed E-state index contributed by atoms with van der Waals surface area (Å²) in [6.07, 6.45) is 6.68. The Morgan fingerprint density at radius 3 is 2.65 bits per heavy atom. The number of ether oxygens (including phenoxy) is 2. The molecule has 0 radical (unpaired) electrons. The molecule has 2 aromatic carbocycles. The van der Waals surface area contributed by atoms with E-state index in [2.05, 4.69) is 47.5 Å². The lowest BCUT2D eigenvalue weighted by molar-refractivity contribution is -0.140. The van der Waals surface area contributed by atoms with E-state index in [0.717, 1.165) is 36.5 Å². The van der Waals surface area contributed by atoms with Crippen LogP contribution in [-0.2, 0) is 0 Å². The molecule has 0 unspecified atom stereocenters. The van der Waals surface area contributed by atoms with Crippen molar-refractivity contribution >= 4 is 5.71 Å². The molecule has 0 amide bonds. The normalized spacial score (nSPS) is 23.0. The molecule has 0 saturated heterocycles. The van der Waals surface area contributed by atoms with Crippen LogP contribution in [0.3, 0.4) is 0 Å². The maximum absolute atomic E-state index is 6.62. The van der Waals surface area contributed by atoms with Crippen molar-refractivity contribution in [2.45, 2.75) is 50.3 Å². The molecule has 3 aliphatic rings. The summed E-state index contributed by atoms with van der Waals surface area (Å²) in [6, 6.07) is 16.9. The maximum Gasteiger partial charge on any atom is 0.198 e. The first kappa shape index (κ1) is 15.7. The summed E-state index contributed by atoms with van der Waals surface area (Å²) in [7, 11) is 1.71. The second-order valence-electron chi connectivity index (χ2n) is 7.49. The Balaban J connectivity index is 1.60. The van der Waals surface area contributed by atoms with Gasteiger partial charge in [-0.2, -0.15) is 5.10 Å². The molecule has 1 atom stereocenters. The van der Waals surface area contributed by atoms with E-state index in [9.17, 15) is 0 Å². The van der Waals surface area contributed by atoms with Crippen LogP contribution in [0.15, 0.2) is 53.6 Å². The van der Waals surface area contributed by atoms with Gasteiger partial charge in [-0.15, -0.1) is 0 Å². The summed E-state index contributed by atoms with van der Waals surface area (Å²) in [5, 5.41) is 7.37. The van der Waals surface area contributed by atoms with E-state index < -0.39 is 0 Å². The van der Waals surface area contributed by atoms with Crippen LogP contribution in [0.25, 0.3) is 0 Å². The van der Waals surface area contributed by atoms with Crippen molar-refractivity contribution in [1.82, 2.24) is 5.01 Å². The van der Waals surface area contributed by atoms with E-state index in [1.54, 1.807) is 7.11 Å². The van der Waals surface area contributed by atoms with Crippen molar-refractivity contribution in [3.05, 3.63) is 59.7 Å². The molecule has 26 heavy (non-hydrogen) atoms. The fraction of sp³-hybridized carbons (Fsp3) is 0.409. The summed E-state index contributed by atoms with van der Waals surface area (Å²) in [6.45, 7) is 0. The summed E-state index contributed by atoms with van der Waals surface area (Å²) < 4.78 is 12.1. The molecule has 1 spiro atoms. The number of hydrazone groups is 1.